The quantitative estimate of drug-likeness (QED) is 0.405. The summed E-state index contributed by atoms with van der Waals surface area (Å²) in [7, 11) is 1.59. The van der Waals surface area contributed by atoms with Crippen LogP contribution in [0.25, 0.3) is 11.3 Å². The summed E-state index contributed by atoms with van der Waals surface area (Å²) >= 11 is 1.51. The Hall–Kier alpha value is -2.66. The predicted molar refractivity (Wildman–Crippen MR) is 128 cm³/mol. The molecule has 31 heavy (non-hydrogen) atoms. The van der Waals surface area contributed by atoms with Crippen molar-refractivity contribution in [1.82, 2.24) is 4.98 Å². The molecular formula is C26H30N2O2S. The van der Waals surface area contributed by atoms with E-state index in [1.807, 2.05) is 29.6 Å². The molecule has 0 spiro atoms. The Bertz CT molecular complexity index is 1010. The molecule has 3 aromatic rings. The summed E-state index contributed by atoms with van der Waals surface area (Å²) in [6.07, 6.45) is 7.52. The van der Waals surface area contributed by atoms with Crippen LogP contribution in [0.2, 0.25) is 0 Å². The Labute approximate surface area is 188 Å². The van der Waals surface area contributed by atoms with E-state index in [4.69, 9.17) is 9.72 Å². The molecule has 0 atom stereocenters. The Morgan fingerprint density at radius 1 is 1.10 bits per heavy atom. The minimum Gasteiger partial charge on any atom is -0.496 e. The first-order valence-electron chi connectivity index (χ1n) is 11.2. The molecule has 1 saturated carbocycles. The summed E-state index contributed by atoms with van der Waals surface area (Å²) in [4.78, 5) is 19.9. The third-order valence-corrected chi connectivity index (χ3v) is 6.90. The average molecular weight is 435 g/mol. The van der Waals surface area contributed by atoms with Crippen molar-refractivity contribution in [1.29, 1.82) is 0 Å². The zero-order valence-corrected chi connectivity index (χ0v) is 19.2. The van der Waals surface area contributed by atoms with Gasteiger partial charge in [-0.05, 0) is 42.9 Å². The molecule has 4 rings (SSSR count). The molecule has 162 valence electrons. The molecule has 1 aromatic heterocycles. The number of aromatic nitrogens is 1. The number of para-hydroxylation sites is 1. The lowest BCUT2D eigenvalue weighted by Gasteiger charge is -2.22. The maximum atomic E-state index is 13.3. The van der Waals surface area contributed by atoms with Gasteiger partial charge in [0.2, 0.25) is 0 Å². The fraction of sp³-hybridized carbons (Fsp3) is 0.385. The van der Waals surface area contributed by atoms with Gasteiger partial charge < -0.3 is 4.74 Å². The van der Waals surface area contributed by atoms with Gasteiger partial charge in [-0.25, -0.2) is 4.98 Å². The van der Waals surface area contributed by atoms with Crippen molar-refractivity contribution in [3.8, 4) is 17.0 Å². The molecule has 1 fully saturated rings. The topological polar surface area (TPSA) is 42.4 Å². The predicted octanol–water partition coefficient (Wildman–Crippen LogP) is 6.92. The molecule has 0 saturated heterocycles. The van der Waals surface area contributed by atoms with E-state index in [9.17, 15) is 4.79 Å². The summed E-state index contributed by atoms with van der Waals surface area (Å²) in [6.45, 7) is 2.69. The Morgan fingerprint density at radius 2 is 1.84 bits per heavy atom. The zero-order valence-electron chi connectivity index (χ0n) is 18.3. The van der Waals surface area contributed by atoms with Crippen LogP contribution in [0.1, 0.15) is 67.3 Å². The second kappa shape index (κ2) is 10.1. The van der Waals surface area contributed by atoms with E-state index in [0.29, 0.717) is 23.8 Å². The van der Waals surface area contributed by atoms with E-state index in [2.05, 4.69) is 31.2 Å². The first-order valence-corrected chi connectivity index (χ1v) is 12.1. The molecule has 0 radical (unpaired) electrons. The number of thiazole rings is 1. The SMILES string of the molecule is CCCN(C(=O)c1ccccc1OC)c1nc(-c2ccc(C3CCCCC3)cc2)cs1. The summed E-state index contributed by atoms with van der Waals surface area (Å²) in [5.41, 5.74) is 4.03. The van der Waals surface area contributed by atoms with E-state index in [1.54, 1.807) is 12.0 Å². The standard InChI is InChI=1S/C26H30N2O2S/c1-3-17-28(25(29)22-11-7-8-12-24(22)30-2)26-27-23(18-31-26)21-15-13-20(14-16-21)19-9-5-4-6-10-19/h7-8,11-16,18-19H,3-6,9-10,17H2,1-2H3. The van der Waals surface area contributed by atoms with Crippen LogP contribution in [0.15, 0.2) is 53.9 Å². The molecule has 0 aliphatic heterocycles. The maximum Gasteiger partial charge on any atom is 0.263 e. The van der Waals surface area contributed by atoms with Crippen molar-refractivity contribution in [2.24, 2.45) is 0 Å². The number of hydrogen-bond acceptors (Lipinski definition) is 4. The summed E-state index contributed by atoms with van der Waals surface area (Å²) < 4.78 is 5.40. The van der Waals surface area contributed by atoms with Crippen molar-refractivity contribution < 1.29 is 9.53 Å². The monoisotopic (exact) mass is 434 g/mol. The van der Waals surface area contributed by atoms with Crippen LogP contribution < -0.4 is 9.64 Å². The van der Waals surface area contributed by atoms with Crippen LogP contribution in [0.5, 0.6) is 5.75 Å². The summed E-state index contributed by atoms with van der Waals surface area (Å²) in [5, 5.41) is 2.77. The van der Waals surface area contributed by atoms with Crippen LogP contribution in [-0.2, 0) is 0 Å². The Morgan fingerprint density at radius 3 is 2.55 bits per heavy atom. The van der Waals surface area contributed by atoms with Gasteiger partial charge in [-0.1, -0.05) is 62.6 Å². The van der Waals surface area contributed by atoms with Crippen LogP contribution in [-0.4, -0.2) is 24.5 Å². The van der Waals surface area contributed by atoms with E-state index in [0.717, 1.165) is 22.8 Å². The lowest BCUT2D eigenvalue weighted by atomic mass is 9.84. The van der Waals surface area contributed by atoms with E-state index >= 15 is 0 Å². The van der Waals surface area contributed by atoms with Gasteiger partial charge in [-0.15, -0.1) is 11.3 Å². The minimum atomic E-state index is -0.0761. The number of amides is 1. The fourth-order valence-corrected chi connectivity index (χ4v) is 5.22. The third-order valence-electron chi connectivity index (χ3n) is 6.04. The van der Waals surface area contributed by atoms with Gasteiger partial charge in [0.25, 0.3) is 5.91 Å². The summed E-state index contributed by atoms with van der Waals surface area (Å²) in [5.74, 6) is 1.21. The maximum absolute atomic E-state index is 13.3. The lowest BCUT2D eigenvalue weighted by molar-refractivity contribution is 0.0984. The van der Waals surface area contributed by atoms with Gasteiger partial charge in [-0.3, -0.25) is 9.69 Å². The molecule has 2 aromatic carbocycles. The largest absolute Gasteiger partial charge is 0.496 e. The van der Waals surface area contributed by atoms with Gasteiger partial charge >= 0.3 is 0 Å². The molecule has 5 heteroatoms. The highest BCUT2D eigenvalue weighted by molar-refractivity contribution is 7.14. The number of rotatable bonds is 7. The number of anilines is 1. The average Bonchev–Trinajstić information content (AvgIpc) is 3.32. The van der Waals surface area contributed by atoms with Crippen LogP contribution in [0, 0.1) is 0 Å². The number of methoxy groups -OCH3 is 1. The number of ether oxygens (including phenoxy) is 1. The highest BCUT2D eigenvalue weighted by Gasteiger charge is 2.23. The zero-order chi connectivity index (χ0) is 21.6. The summed E-state index contributed by atoms with van der Waals surface area (Å²) in [6, 6.07) is 16.2. The Kier molecular flexibility index (Phi) is 7.03. The van der Waals surface area contributed by atoms with Crippen LogP contribution >= 0.6 is 11.3 Å². The van der Waals surface area contributed by atoms with Crippen molar-refractivity contribution in [3.63, 3.8) is 0 Å². The minimum absolute atomic E-state index is 0.0761. The highest BCUT2D eigenvalue weighted by atomic mass is 32.1. The number of benzene rings is 2. The second-order valence-corrected chi connectivity index (χ2v) is 8.97. The first kappa shape index (κ1) is 21.6. The molecule has 1 heterocycles. The molecule has 0 unspecified atom stereocenters. The fourth-order valence-electron chi connectivity index (χ4n) is 4.36. The number of nitrogens with zero attached hydrogens (tertiary/aromatic N) is 2. The van der Waals surface area contributed by atoms with Crippen molar-refractivity contribution in [2.75, 3.05) is 18.6 Å². The Balaban J connectivity index is 1.56. The third kappa shape index (κ3) is 4.82. The molecule has 1 aliphatic carbocycles. The van der Waals surface area contributed by atoms with E-state index in [1.165, 1.54) is 49.0 Å². The van der Waals surface area contributed by atoms with Gasteiger partial charge in [0.1, 0.15) is 5.75 Å². The van der Waals surface area contributed by atoms with Gasteiger partial charge in [-0.2, -0.15) is 0 Å². The molecule has 0 N–H and O–H groups in total. The molecule has 0 bridgehead atoms. The normalized spacial score (nSPS) is 14.4. The lowest BCUT2D eigenvalue weighted by Crippen LogP contribution is -2.31. The molecule has 4 nitrogen and oxygen atoms in total. The smallest absolute Gasteiger partial charge is 0.263 e. The van der Waals surface area contributed by atoms with Crippen LogP contribution in [0.4, 0.5) is 5.13 Å². The molecule has 1 aliphatic rings. The number of carbonyl (C=O) groups excluding carboxylic acids is 1. The molecular weight excluding hydrogens is 404 g/mol. The van der Waals surface area contributed by atoms with Gasteiger partial charge in [0.05, 0.1) is 18.4 Å². The van der Waals surface area contributed by atoms with E-state index in [-0.39, 0.29) is 5.91 Å². The van der Waals surface area contributed by atoms with Crippen molar-refractivity contribution in [2.45, 2.75) is 51.4 Å². The molecule has 1 amide bonds. The highest BCUT2D eigenvalue weighted by Crippen LogP contribution is 2.35. The van der Waals surface area contributed by atoms with E-state index < -0.39 is 0 Å². The van der Waals surface area contributed by atoms with Gasteiger partial charge in [0.15, 0.2) is 5.13 Å². The number of hydrogen-bond donors (Lipinski definition) is 0. The first-order chi connectivity index (χ1) is 15.2. The van der Waals surface area contributed by atoms with Gasteiger partial charge in [0, 0.05) is 17.5 Å². The van der Waals surface area contributed by atoms with Crippen molar-refractivity contribution in [3.05, 3.63) is 65.0 Å². The van der Waals surface area contributed by atoms with Crippen LogP contribution in [0.3, 0.4) is 0 Å². The number of carbonyl (C=O) groups is 1. The second-order valence-electron chi connectivity index (χ2n) is 8.13. The van der Waals surface area contributed by atoms with Crippen molar-refractivity contribution >= 4 is 22.4 Å².